The number of nitrogens with one attached hydrogen (secondary N) is 1. The molecule has 1 amide bonds. The molecule has 2 heterocycles. The minimum Gasteiger partial charge on any atom is -0.394 e. The standard InChI is InChI=1S/C11H15N3O6/c12-8(17)1-5-3-14(11(19)13-10(5)18)9-2-6(16)7(4-15)20-9/h3,6-7,9,15-16H,1-2,4H2,(H2,12,17)(H,13,18,19)/t6-,7+,9+/m0/s1. The van der Waals surface area contributed by atoms with Crippen molar-refractivity contribution in [2.24, 2.45) is 5.73 Å². The molecule has 0 bridgehead atoms. The number of primary amides is 1. The van der Waals surface area contributed by atoms with Gasteiger partial charge in [-0.25, -0.2) is 4.79 Å². The van der Waals surface area contributed by atoms with Gasteiger partial charge in [-0.3, -0.25) is 19.1 Å². The first-order valence-electron chi connectivity index (χ1n) is 5.99. The van der Waals surface area contributed by atoms with Crippen LogP contribution in [0.4, 0.5) is 0 Å². The molecule has 0 unspecified atom stereocenters. The van der Waals surface area contributed by atoms with Crippen LogP contribution >= 0.6 is 0 Å². The zero-order chi connectivity index (χ0) is 14.9. The van der Waals surface area contributed by atoms with E-state index in [9.17, 15) is 19.5 Å². The van der Waals surface area contributed by atoms with Crippen molar-refractivity contribution in [2.45, 2.75) is 31.3 Å². The number of carbonyl (C=O) groups is 1. The summed E-state index contributed by atoms with van der Waals surface area (Å²) < 4.78 is 6.38. The largest absolute Gasteiger partial charge is 0.394 e. The van der Waals surface area contributed by atoms with Crippen LogP contribution in [0.15, 0.2) is 15.8 Å². The molecule has 20 heavy (non-hydrogen) atoms. The molecule has 0 aliphatic carbocycles. The van der Waals surface area contributed by atoms with Gasteiger partial charge in [0.1, 0.15) is 12.3 Å². The van der Waals surface area contributed by atoms with Gasteiger partial charge < -0.3 is 20.7 Å². The molecule has 110 valence electrons. The first-order valence-corrected chi connectivity index (χ1v) is 5.99. The molecular formula is C11H15N3O6. The van der Waals surface area contributed by atoms with Crippen molar-refractivity contribution in [3.8, 4) is 0 Å². The molecule has 0 spiro atoms. The average Bonchev–Trinajstić information content (AvgIpc) is 2.73. The number of carbonyl (C=O) groups excluding carboxylic acids is 1. The van der Waals surface area contributed by atoms with Gasteiger partial charge in [0.25, 0.3) is 5.56 Å². The van der Waals surface area contributed by atoms with Gasteiger partial charge in [0.15, 0.2) is 0 Å². The van der Waals surface area contributed by atoms with Crippen LogP contribution in [-0.2, 0) is 16.0 Å². The summed E-state index contributed by atoms with van der Waals surface area (Å²) in [6, 6.07) is 0. The second-order valence-electron chi connectivity index (χ2n) is 4.58. The Morgan fingerprint density at radius 3 is 2.80 bits per heavy atom. The van der Waals surface area contributed by atoms with Crippen molar-refractivity contribution in [3.05, 3.63) is 32.6 Å². The van der Waals surface area contributed by atoms with Crippen LogP contribution in [0.25, 0.3) is 0 Å². The topological polar surface area (TPSA) is 148 Å². The normalized spacial score (nSPS) is 25.8. The number of nitrogens with zero attached hydrogens (tertiary/aromatic N) is 1. The molecule has 1 aliphatic heterocycles. The highest BCUT2D eigenvalue weighted by atomic mass is 16.5. The maximum Gasteiger partial charge on any atom is 0.330 e. The van der Waals surface area contributed by atoms with Gasteiger partial charge in [0.05, 0.1) is 19.1 Å². The first-order chi connectivity index (χ1) is 9.42. The van der Waals surface area contributed by atoms with E-state index >= 15 is 0 Å². The van der Waals surface area contributed by atoms with Crippen LogP contribution in [0, 0.1) is 0 Å². The van der Waals surface area contributed by atoms with E-state index in [0.29, 0.717) is 0 Å². The van der Waals surface area contributed by atoms with E-state index in [4.69, 9.17) is 15.6 Å². The zero-order valence-electron chi connectivity index (χ0n) is 10.5. The number of aliphatic hydroxyl groups excluding tert-OH is 2. The number of aliphatic hydroxyl groups is 2. The smallest absolute Gasteiger partial charge is 0.330 e. The van der Waals surface area contributed by atoms with Crippen molar-refractivity contribution in [1.29, 1.82) is 0 Å². The minimum atomic E-state index is -0.914. The fourth-order valence-corrected chi connectivity index (χ4v) is 2.10. The van der Waals surface area contributed by atoms with Crippen molar-refractivity contribution < 1.29 is 19.7 Å². The Morgan fingerprint density at radius 1 is 1.55 bits per heavy atom. The molecule has 2 rings (SSSR count). The Bertz CT molecular complexity index is 621. The fraction of sp³-hybridized carbons (Fsp3) is 0.545. The number of aromatic nitrogens is 2. The second kappa shape index (κ2) is 5.57. The number of rotatable bonds is 4. The van der Waals surface area contributed by atoms with E-state index in [1.165, 1.54) is 6.20 Å². The number of hydrogen-bond donors (Lipinski definition) is 4. The van der Waals surface area contributed by atoms with E-state index in [0.717, 1.165) is 4.57 Å². The second-order valence-corrected chi connectivity index (χ2v) is 4.58. The van der Waals surface area contributed by atoms with Crippen LogP contribution in [0.3, 0.4) is 0 Å². The zero-order valence-corrected chi connectivity index (χ0v) is 10.5. The van der Waals surface area contributed by atoms with Gasteiger partial charge >= 0.3 is 5.69 Å². The SMILES string of the molecule is NC(=O)Cc1cn([C@H]2C[C@H](O)[C@@H](CO)O2)c(=O)[nH]c1=O. The summed E-state index contributed by atoms with van der Waals surface area (Å²) in [7, 11) is 0. The monoisotopic (exact) mass is 285 g/mol. The van der Waals surface area contributed by atoms with Gasteiger partial charge in [-0.2, -0.15) is 0 Å². The Morgan fingerprint density at radius 2 is 2.25 bits per heavy atom. The summed E-state index contributed by atoms with van der Waals surface area (Å²) in [6.45, 7) is -0.385. The number of amides is 1. The van der Waals surface area contributed by atoms with E-state index in [2.05, 4.69) is 4.98 Å². The lowest BCUT2D eigenvalue weighted by Crippen LogP contribution is -2.35. The summed E-state index contributed by atoms with van der Waals surface area (Å²) in [5, 5.41) is 18.6. The molecule has 3 atom stereocenters. The Kier molecular flexibility index (Phi) is 4.02. The van der Waals surface area contributed by atoms with Gasteiger partial charge in [-0.15, -0.1) is 0 Å². The maximum absolute atomic E-state index is 11.7. The van der Waals surface area contributed by atoms with Crippen molar-refractivity contribution in [3.63, 3.8) is 0 Å². The predicted octanol–water partition coefficient (Wildman–Crippen LogP) is -2.79. The highest BCUT2D eigenvalue weighted by molar-refractivity contribution is 5.76. The summed E-state index contributed by atoms with van der Waals surface area (Å²) >= 11 is 0. The van der Waals surface area contributed by atoms with E-state index < -0.39 is 35.6 Å². The highest BCUT2D eigenvalue weighted by Crippen LogP contribution is 2.27. The molecule has 9 heteroatoms. The van der Waals surface area contributed by atoms with Crippen LogP contribution in [0.1, 0.15) is 18.2 Å². The van der Waals surface area contributed by atoms with Gasteiger partial charge in [0.2, 0.25) is 5.91 Å². The number of hydrogen-bond acceptors (Lipinski definition) is 6. The van der Waals surface area contributed by atoms with E-state index in [1.807, 2.05) is 0 Å². The molecule has 1 saturated heterocycles. The summed E-state index contributed by atoms with van der Waals surface area (Å²) in [5.41, 5.74) is 3.63. The number of aromatic amines is 1. The lowest BCUT2D eigenvalue weighted by molar-refractivity contribution is -0.117. The lowest BCUT2D eigenvalue weighted by Gasteiger charge is -2.15. The van der Waals surface area contributed by atoms with Crippen molar-refractivity contribution in [1.82, 2.24) is 9.55 Å². The third kappa shape index (κ3) is 2.79. The number of ether oxygens (including phenoxy) is 1. The van der Waals surface area contributed by atoms with Crippen LogP contribution in [-0.4, -0.2) is 44.5 Å². The third-order valence-corrected chi connectivity index (χ3v) is 3.10. The predicted molar refractivity (Wildman–Crippen MR) is 65.8 cm³/mol. The van der Waals surface area contributed by atoms with Crippen LogP contribution in [0.2, 0.25) is 0 Å². The lowest BCUT2D eigenvalue weighted by atomic mass is 10.2. The molecule has 0 radical (unpaired) electrons. The Labute approximate surface area is 112 Å². The molecule has 1 aliphatic rings. The molecule has 1 fully saturated rings. The number of nitrogens with two attached hydrogens (primary N) is 1. The molecule has 0 saturated carbocycles. The Balaban J connectivity index is 2.35. The van der Waals surface area contributed by atoms with Gasteiger partial charge in [-0.1, -0.05) is 0 Å². The molecule has 5 N–H and O–H groups in total. The van der Waals surface area contributed by atoms with Crippen LogP contribution < -0.4 is 17.0 Å². The van der Waals surface area contributed by atoms with E-state index in [-0.39, 0.29) is 25.0 Å². The summed E-state index contributed by atoms with van der Waals surface area (Å²) in [5.74, 6) is -0.707. The molecule has 0 aromatic carbocycles. The minimum absolute atomic E-state index is 0.0302. The first kappa shape index (κ1) is 14.4. The third-order valence-electron chi connectivity index (χ3n) is 3.10. The quantitative estimate of drug-likeness (QED) is 0.470. The summed E-state index contributed by atoms with van der Waals surface area (Å²) in [6.07, 6.45) is -1.56. The molecule has 1 aromatic rings. The van der Waals surface area contributed by atoms with Gasteiger partial charge in [-0.05, 0) is 0 Å². The summed E-state index contributed by atoms with van der Waals surface area (Å²) in [4.78, 5) is 36.2. The Hall–Kier alpha value is -1.97. The van der Waals surface area contributed by atoms with Gasteiger partial charge in [0, 0.05) is 18.2 Å². The van der Waals surface area contributed by atoms with Crippen molar-refractivity contribution >= 4 is 5.91 Å². The fourth-order valence-electron chi connectivity index (χ4n) is 2.10. The molecule has 9 nitrogen and oxygen atoms in total. The highest BCUT2D eigenvalue weighted by Gasteiger charge is 2.35. The molecule has 1 aromatic heterocycles. The number of H-pyrrole nitrogens is 1. The van der Waals surface area contributed by atoms with Crippen molar-refractivity contribution in [2.75, 3.05) is 6.61 Å². The van der Waals surface area contributed by atoms with Crippen LogP contribution in [0.5, 0.6) is 0 Å². The average molecular weight is 285 g/mol. The maximum atomic E-state index is 11.7. The molecular weight excluding hydrogens is 270 g/mol. The van der Waals surface area contributed by atoms with E-state index in [1.54, 1.807) is 0 Å².